The number of ether oxygens (including phenoxy) is 1. The van der Waals surface area contributed by atoms with Crippen molar-refractivity contribution in [2.24, 2.45) is 0 Å². The van der Waals surface area contributed by atoms with E-state index < -0.39 is 0 Å². The minimum absolute atomic E-state index is 0. The van der Waals surface area contributed by atoms with Crippen LogP contribution in [0.25, 0.3) is 0 Å². The summed E-state index contributed by atoms with van der Waals surface area (Å²) in [6.45, 7) is 1.70. The molecule has 0 bridgehead atoms. The predicted molar refractivity (Wildman–Crippen MR) is 122 cm³/mol. The van der Waals surface area contributed by atoms with Crippen molar-refractivity contribution in [3.8, 4) is 0 Å². The van der Waals surface area contributed by atoms with Crippen LogP contribution < -0.4 is 0 Å². The van der Waals surface area contributed by atoms with Gasteiger partial charge in [0.05, 0.1) is 12.6 Å². The van der Waals surface area contributed by atoms with Crippen LogP contribution in [-0.4, -0.2) is 24.3 Å². The van der Waals surface area contributed by atoms with Crippen molar-refractivity contribution in [2.45, 2.75) is 25.1 Å². The number of hydrogen-bond donors (Lipinski definition) is 0. The van der Waals surface area contributed by atoms with Crippen LogP contribution in [0.15, 0.2) is 60.7 Å². The SMILES string of the molecule is [CH]1[CH][CH][CH][CH]1.[CH]1[CH][CH][C](CN2[C@@H](CCc3ccccc3)OC[C@H]2c2ccccc2)[CH]1.[Fe+2]. The Labute approximate surface area is 200 Å². The minimum Gasteiger partial charge on any atom is -0.361 e. The van der Waals surface area contributed by atoms with Gasteiger partial charge in [-0.1, -0.05) is 60.7 Å². The van der Waals surface area contributed by atoms with Gasteiger partial charge in [-0.2, -0.15) is 0 Å². The van der Waals surface area contributed by atoms with E-state index in [1.807, 2.05) is 32.1 Å². The second-order valence-corrected chi connectivity index (χ2v) is 7.67. The van der Waals surface area contributed by atoms with Gasteiger partial charge < -0.3 is 4.74 Å². The fourth-order valence-corrected chi connectivity index (χ4v) is 4.00. The zero-order valence-corrected chi connectivity index (χ0v) is 18.8. The Morgan fingerprint density at radius 3 is 1.94 bits per heavy atom. The second kappa shape index (κ2) is 13.4. The number of rotatable bonds is 6. The van der Waals surface area contributed by atoms with Gasteiger partial charge in [-0.3, -0.25) is 4.90 Å². The molecule has 3 heteroatoms. The Kier molecular flexibility index (Phi) is 10.6. The van der Waals surface area contributed by atoms with Gasteiger partial charge >= 0.3 is 17.1 Å². The van der Waals surface area contributed by atoms with Crippen LogP contribution in [0.1, 0.15) is 23.6 Å². The average molecular weight is 451 g/mol. The molecule has 1 saturated heterocycles. The molecule has 2 aromatic carbocycles. The Balaban J connectivity index is 0.000000401. The molecule has 3 aliphatic rings. The third-order valence-corrected chi connectivity index (χ3v) is 5.58. The number of nitrogens with zero attached hydrogens (tertiary/aromatic N) is 1. The summed E-state index contributed by atoms with van der Waals surface area (Å²) in [4.78, 5) is 2.52. The van der Waals surface area contributed by atoms with E-state index in [1.165, 1.54) is 17.0 Å². The van der Waals surface area contributed by atoms with E-state index in [9.17, 15) is 0 Å². The Morgan fingerprint density at radius 2 is 1.32 bits per heavy atom. The van der Waals surface area contributed by atoms with Gasteiger partial charge in [0.1, 0.15) is 6.23 Å². The predicted octanol–water partition coefficient (Wildman–Crippen LogP) is 5.44. The number of benzene rings is 2. The maximum atomic E-state index is 6.23. The molecule has 10 radical (unpaired) electrons. The zero-order valence-electron chi connectivity index (χ0n) is 17.7. The minimum atomic E-state index is 0. The smallest absolute Gasteiger partial charge is 0.361 e. The first-order valence-electron chi connectivity index (χ1n) is 10.7. The van der Waals surface area contributed by atoms with Crippen LogP contribution in [0, 0.1) is 63.7 Å². The van der Waals surface area contributed by atoms with Crippen molar-refractivity contribution in [1.29, 1.82) is 0 Å². The van der Waals surface area contributed by atoms with Crippen LogP contribution in [0.3, 0.4) is 0 Å². The Bertz CT molecular complexity index is 705. The molecule has 5 rings (SSSR count). The van der Waals surface area contributed by atoms with Crippen LogP contribution >= 0.6 is 0 Å². The van der Waals surface area contributed by atoms with Crippen LogP contribution in [0.5, 0.6) is 0 Å². The van der Waals surface area contributed by atoms with Crippen LogP contribution in [-0.2, 0) is 28.2 Å². The molecule has 2 aliphatic carbocycles. The van der Waals surface area contributed by atoms with Crippen molar-refractivity contribution in [3.63, 3.8) is 0 Å². The second-order valence-electron chi connectivity index (χ2n) is 7.67. The molecule has 0 spiro atoms. The van der Waals surface area contributed by atoms with Crippen molar-refractivity contribution < 1.29 is 21.8 Å². The molecule has 1 heterocycles. The quantitative estimate of drug-likeness (QED) is 0.543. The summed E-state index contributed by atoms with van der Waals surface area (Å²) < 4.78 is 6.23. The van der Waals surface area contributed by atoms with E-state index >= 15 is 0 Å². The summed E-state index contributed by atoms with van der Waals surface area (Å²) in [7, 11) is 0. The van der Waals surface area contributed by atoms with E-state index in [0.717, 1.165) is 26.0 Å². The average Bonchev–Trinajstić information content (AvgIpc) is 3.58. The largest absolute Gasteiger partial charge is 2.00 e. The molecular formula is C28H29FeNO+2. The summed E-state index contributed by atoms with van der Waals surface area (Å²) >= 11 is 0. The summed E-state index contributed by atoms with van der Waals surface area (Å²) in [5.41, 5.74) is 2.72. The van der Waals surface area contributed by atoms with Crippen LogP contribution in [0.4, 0.5) is 0 Å². The van der Waals surface area contributed by atoms with Gasteiger partial charge in [-0.05, 0) is 87.7 Å². The number of aryl methyl sites for hydroxylation is 1. The normalized spacial score (nSPS) is 23.9. The summed E-state index contributed by atoms with van der Waals surface area (Å²) in [6.07, 6.45) is 20.9. The monoisotopic (exact) mass is 451 g/mol. The summed E-state index contributed by atoms with van der Waals surface area (Å²) in [5, 5.41) is 0. The third kappa shape index (κ3) is 7.46. The van der Waals surface area contributed by atoms with Gasteiger partial charge in [-0.25, -0.2) is 0 Å². The summed E-state index contributed by atoms with van der Waals surface area (Å²) in [5.74, 6) is 1.36. The molecule has 2 saturated carbocycles. The molecule has 0 N–H and O–H groups in total. The first-order valence-corrected chi connectivity index (χ1v) is 10.7. The van der Waals surface area contributed by atoms with E-state index in [-0.39, 0.29) is 23.3 Å². The molecule has 31 heavy (non-hydrogen) atoms. The molecule has 0 aromatic heterocycles. The van der Waals surface area contributed by atoms with Crippen molar-refractivity contribution in [3.05, 3.63) is 135 Å². The number of hydrogen-bond acceptors (Lipinski definition) is 2. The van der Waals surface area contributed by atoms with E-state index in [0.29, 0.717) is 6.04 Å². The molecule has 2 nitrogen and oxygen atoms in total. The van der Waals surface area contributed by atoms with Gasteiger partial charge in [0, 0.05) is 6.54 Å². The first kappa shape index (κ1) is 24.5. The van der Waals surface area contributed by atoms with E-state index in [4.69, 9.17) is 4.74 Å². The van der Waals surface area contributed by atoms with Crippen molar-refractivity contribution >= 4 is 0 Å². The Morgan fingerprint density at radius 1 is 0.742 bits per heavy atom. The van der Waals surface area contributed by atoms with Crippen molar-refractivity contribution in [1.82, 2.24) is 4.90 Å². The topological polar surface area (TPSA) is 12.5 Å². The molecule has 158 valence electrons. The molecular weight excluding hydrogens is 422 g/mol. The van der Waals surface area contributed by atoms with Gasteiger partial charge in [-0.15, -0.1) is 0 Å². The fourth-order valence-electron chi connectivity index (χ4n) is 4.00. The van der Waals surface area contributed by atoms with E-state index in [1.54, 1.807) is 0 Å². The molecule has 3 fully saturated rings. The molecule has 1 aliphatic heterocycles. The Hall–Kier alpha value is -1.12. The molecule has 0 unspecified atom stereocenters. The maximum absolute atomic E-state index is 6.23. The standard InChI is InChI=1S/C23H24NO.C5H5.Fe/c1-3-9-19(10-4-1)15-16-23-24(17-20-11-7-8-12-20)22(18-25-23)21-13-5-2-6-14-21;1-2-4-5-3-1;/h1-14,22-23H,15-18H2;1-5H;/q;;+2/t22-,23+;;/m0../s1. The van der Waals surface area contributed by atoms with E-state index in [2.05, 4.69) is 91.2 Å². The van der Waals surface area contributed by atoms with Crippen molar-refractivity contribution in [2.75, 3.05) is 13.2 Å². The van der Waals surface area contributed by atoms with Crippen LogP contribution in [0.2, 0.25) is 0 Å². The molecule has 0 amide bonds. The van der Waals surface area contributed by atoms with Gasteiger partial charge in [0.15, 0.2) is 0 Å². The fraction of sp³-hybridized carbons (Fsp3) is 0.214. The van der Waals surface area contributed by atoms with Gasteiger partial charge in [0.2, 0.25) is 0 Å². The maximum Gasteiger partial charge on any atom is 2.00 e. The first-order chi connectivity index (χ1) is 14.9. The summed E-state index contributed by atoms with van der Waals surface area (Å²) in [6, 6.07) is 21.8. The third-order valence-electron chi connectivity index (χ3n) is 5.58. The molecule has 2 aromatic rings. The van der Waals surface area contributed by atoms with Gasteiger partial charge in [0.25, 0.3) is 0 Å². The molecule has 2 atom stereocenters. The zero-order chi connectivity index (χ0) is 20.4.